The van der Waals surface area contributed by atoms with Gasteiger partial charge in [0.1, 0.15) is 5.60 Å². The minimum absolute atomic E-state index is 0.224. The van der Waals surface area contributed by atoms with Crippen molar-refractivity contribution in [3.8, 4) is 12.3 Å². The molecule has 0 radical (unpaired) electrons. The first-order valence-corrected chi connectivity index (χ1v) is 4.93. The summed E-state index contributed by atoms with van der Waals surface area (Å²) in [5.74, 6) is 2.00. The Balaban J connectivity index is 4.48. The molecule has 0 spiro atoms. The lowest BCUT2D eigenvalue weighted by atomic mass is 10.2. The molecule has 0 aromatic heterocycles. The Morgan fingerprint density at radius 3 is 2.50 bits per heavy atom. The second-order valence-corrected chi connectivity index (χ2v) is 4.37. The van der Waals surface area contributed by atoms with E-state index >= 15 is 0 Å². The summed E-state index contributed by atoms with van der Waals surface area (Å²) < 4.78 is 26.7. The highest BCUT2D eigenvalue weighted by Gasteiger charge is 2.22. The fourth-order valence-corrected chi connectivity index (χ4v) is 1.56. The molecule has 12 heavy (non-hydrogen) atoms. The summed E-state index contributed by atoms with van der Waals surface area (Å²) in [5.41, 5.74) is -1.08. The van der Waals surface area contributed by atoms with Crippen LogP contribution in [0.2, 0.25) is 0 Å². The Labute approximate surface area is 73.6 Å². The van der Waals surface area contributed by atoms with Crippen LogP contribution in [0.15, 0.2) is 12.7 Å². The standard InChI is InChI=1S/C8H12O3S/c1-5-7-12(9,10)11-8(3,4)6-2/h2,5H,1,7H2,3-4H3. The van der Waals surface area contributed by atoms with Gasteiger partial charge in [0.2, 0.25) is 0 Å². The van der Waals surface area contributed by atoms with Gasteiger partial charge in [-0.2, -0.15) is 8.42 Å². The molecule has 0 bridgehead atoms. The van der Waals surface area contributed by atoms with Crippen molar-refractivity contribution in [3.05, 3.63) is 12.7 Å². The molecule has 0 aliphatic heterocycles. The van der Waals surface area contributed by atoms with Crippen LogP contribution in [0, 0.1) is 12.3 Å². The van der Waals surface area contributed by atoms with Crippen molar-refractivity contribution in [2.24, 2.45) is 0 Å². The van der Waals surface area contributed by atoms with Crippen molar-refractivity contribution in [2.75, 3.05) is 5.75 Å². The van der Waals surface area contributed by atoms with E-state index in [0.29, 0.717) is 0 Å². The van der Waals surface area contributed by atoms with Crippen LogP contribution in [0.5, 0.6) is 0 Å². The summed E-state index contributed by atoms with van der Waals surface area (Å²) in [6.45, 7) is 6.31. The second kappa shape index (κ2) is 3.74. The first kappa shape index (κ1) is 11.2. The van der Waals surface area contributed by atoms with Crippen molar-refractivity contribution >= 4 is 10.1 Å². The van der Waals surface area contributed by atoms with Gasteiger partial charge in [-0.25, -0.2) is 0 Å². The highest BCUT2D eigenvalue weighted by molar-refractivity contribution is 7.86. The molecule has 0 aliphatic rings. The van der Waals surface area contributed by atoms with E-state index in [-0.39, 0.29) is 5.75 Å². The zero-order valence-electron chi connectivity index (χ0n) is 7.20. The van der Waals surface area contributed by atoms with Crippen molar-refractivity contribution < 1.29 is 12.6 Å². The summed E-state index contributed by atoms with van der Waals surface area (Å²) >= 11 is 0. The lowest BCUT2D eigenvalue weighted by molar-refractivity contribution is 0.182. The fraction of sp³-hybridized carbons (Fsp3) is 0.500. The predicted octanol–water partition coefficient (Wildman–Crippen LogP) is 0.931. The SMILES string of the molecule is C#CC(C)(C)OS(=O)(=O)CC=C. The van der Waals surface area contributed by atoms with Crippen LogP contribution < -0.4 is 0 Å². The van der Waals surface area contributed by atoms with Gasteiger partial charge in [0.15, 0.2) is 0 Å². The average Bonchev–Trinajstić information content (AvgIpc) is 1.85. The van der Waals surface area contributed by atoms with Gasteiger partial charge < -0.3 is 0 Å². The van der Waals surface area contributed by atoms with Crippen LogP contribution in [0.1, 0.15) is 13.8 Å². The third kappa shape index (κ3) is 4.16. The van der Waals surface area contributed by atoms with Crippen LogP contribution >= 0.6 is 0 Å². The normalized spacial score (nSPS) is 12.1. The van der Waals surface area contributed by atoms with Crippen molar-refractivity contribution in [2.45, 2.75) is 19.4 Å². The Morgan fingerprint density at radius 2 is 2.17 bits per heavy atom. The minimum atomic E-state index is -3.56. The largest absolute Gasteiger partial charge is 0.272 e. The van der Waals surface area contributed by atoms with Crippen LogP contribution in [0.4, 0.5) is 0 Å². The maximum Gasteiger partial charge on any atom is 0.272 e. The molecular weight excluding hydrogens is 176 g/mol. The van der Waals surface area contributed by atoms with E-state index in [2.05, 4.69) is 16.7 Å². The highest BCUT2D eigenvalue weighted by atomic mass is 32.2. The molecule has 0 saturated carbocycles. The van der Waals surface area contributed by atoms with Gasteiger partial charge in [-0.05, 0) is 13.8 Å². The van der Waals surface area contributed by atoms with E-state index in [1.165, 1.54) is 19.9 Å². The van der Waals surface area contributed by atoms with E-state index < -0.39 is 15.7 Å². The smallest absolute Gasteiger partial charge is 0.251 e. The molecule has 0 fully saturated rings. The van der Waals surface area contributed by atoms with Crippen LogP contribution in [0.3, 0.4) is 0 Å². The highest BCUT2D eigenvalue weighted by Crippen LogP contribution is 2.11. The van der Waals surface area contributed by atoms with Crippen molar-refractivity contribution in [3.63, 3.8) is 0 Å². The van der Waals surface area contributed by atoms with E-state index in [0.717, 1.165) is 0 Å². The molecule has 0 aromatic carbocycles. The van der Waals surface area contributed by atoms with Gasteiger partial charge in [0.25, 0.3) is 10.1 Å². The van der Waals surface area contributed by atoms with Crippen molar-refractivity contribution in [1.29, 1.82) is 0 Å². The Hall–Kier alpha value is -0.790. The Kier molecular flexibility index (Phi) is 3.50. The third-order valence-electron chi connectivity index (χ3n) is 1.00. The average molecular weight is 188 g/mol. The van der Waals surface area contributed by atoms with Crippen LogP contribution in [0.25, 0.3) is 0 Å². The summed E-state index contributed by atoms with van der Waals surface area (Å²) in [5, 5.41) is 0. The molecule has 0 atom stereocenters. The zero-order chi connectivity index (χ0) is 9.83. The third-order valence-corrected chi connectivity index (χ3v) is 2.32. The van der Waals surface area contributed by atoms with Crippen LogP contribution in [-0.4, -0.2) is 19.8 Å². The molecule has 0 unspecified atom stereocenters. The summed E-state index contributed by atoms with van der Waals surface area (Å²) in [4.78, 5) is 0. The van der Waals surface area contributed by atoms with Gasteiger partial charge in [-0.15, -0.1) is 13.0 Å². The molecule has 3 nitrogen and oxygen atoms in total. The first-order chi connectivity index (χ1) is 5.33. The predicted molar refractivity (Wildman–Crippen MR) is 48.0 cm³/mol. The number of hydrogen-bond acceptors (Lipinski definition) is 3. The molecule has 0 N–H and O–H groups in total. The lowest BCUT2D eigenvalue weighted by Gasteiger charge is -2.16. The zero-order valence-corrected chi connectivity index (χ0v) is 8.02. The van der Waals surface area contributed by atoms with Crippen molar-refractivity contribution in [1.82, 2.24) is 0 Å². The van der Waals surface area contributed by atoms with Crippen LogP contribution in [-0.2, 0) is 14.3 Å². The summed E-state index contributed by atoms with van der Waals surface area (Å²) in [6.07, 6.45) is 6.30. The molecule has 0 aromatic rings. The Morgan fingerprint density at radius 1 is 1.67 bits per heavy atom. The molecule has 0 heterocycles. The van der Waals surface area contributed by atoms with E-state index in [9.17, 15) is 8.42 Å². The molecular formula is C8H12O3S. The maximum absolute atomic E-state index is 11.0. The molecule has 4 heteroatoms. The molecule has 68 valence electrons. The monoisotopic (exact) mass is 188 g/mol. The molecule has 0 rings (SSSR count). The molecule has 0 saturated heterocycles. The maximum atomic E-state index is 11.0. The number of hydrogen-bond donors (Lipinski definition) is 0. The second-order valence-electron chi connectivity index (χ2n) is 2.75. The Bertz CT molecular complexity index is 293. The molecule has 0 aliphatic carbocycles. The minimum Gasteiger partial charge on any atom is -0.251 e. The lowest BCUT2D eigenvalue weighted by Crippen LogP contribution is -2.27. The summed E-state index contributed by atoms with van der Waals surface area (Å²) in [7, 11) is -3.56. The van der Waals surface area contributed by atoms with Gasteiger partial charge >= 0.3 is 0 Å². The van der Waals surface area contributed by atoms with E-state index in [1.54, 1.807) is 0 Å². The van der Waals surface area contributed by atoms with Gasteiger partial charge in [-0.3, -0.25) is 4.18 Å². The molecule has 0 amide bonds. The number of terminal acetylenes is 1. The van der Waals surface area contributed by atoms with Gasteiger partial charge in [0, 0.05) is 0 Å². The number of rotatable bonds is 4. The summed E-state index contributed by atoms with van der Waals surface area (Å²) in [6, 6.07) is 0. The fourth-order valence-electron chi connectivity index (χ4n) is 0.520. The van der Waals surface area contributed by atoms with E-state index in [4.69, 9.17) is 6.42 Å². The van der Waals surface area contributed by atoms with E-state index in [1.807, 2.05) is 0 Å². The quantitative estimate of drug-likeness (QED) is 0.374. The van der Waals surface area contributed by atoms with Gasteiger partial charge in [0.05, 0.1) is 5.75 Å². The van der Waals surface area contributed by atoms with Gasteiger partial charge in [-0.1, -0.05) is 12.0 Å². The topological polar surface area (TPSA) is 43.4 Å². The first-order valence-electron chi connectivity index (χ1n) is 3.35.